The lowest BCUT2D eigenvalue weighted by atomic mass is 10.1. The van der Waals surface area contributed by atoms with Crippen LogP contribution in [0.3, 0.4) is 0 Å². The van der Waals surface area contributed by atoms with Crippen LogP contribution in [0.2, 0.25) is 0 Å². The van der Waals surface area contributed by atoms with Crippen LogP contribution in [0.4, 0.5) is 0 Å². The first-order valence-corrected chi connectivity index (χ1v) is 7.95. The number of hydrogen-bond acceptors (Lipinski definition) is 3. The summed E-state index contributed by atoms with van der Waals surface area (Å²) >= 11 is 0. The molecule has 0 saturated carbocycles. The van der Waals surface area contributed by atoms with Gasteiger partial charge in [-0.3, -0.25) is 0 Å². The molecular weight excluding hydrogens is 262 g/mol. The van der Waals surface area contributed by atoms with Gasteiger partial charge in [-0.05, 0) is 12.5 Å². The molecule has 2 unspecified atom stereocenters. The molecule has 0 aromatic heterocycles. The molecular formula is C14H17NO3S. The lowest BCUT2D eigenvalue weighted by Crippen LogP contribution is -2.18. The van der Waals surface area contributed by atoms with E-state index in [9.17, 15) is 9.32 Å². The van der Waals surface area contributed by atoms with E-state index in [-0.39, 0.29) is 0 Å². The quantitative estimate of drug-likeness (QED) is 0.851. The molecule has 1 aliphatic rings. The van der Waals surface area contributed by atoms with E-state index >= 15 is 0 Å². The van der Waals surface area contributed by atoms with Crippen LogP contribution in [-0.4, -0.2) is 33.3 Å². The summed E-state index contributed by atoms with van der Waals surface area (Å²) in [6.07, 6.45) is 2.27. The maximum atomic E-state index is 11.9. The minimum Gasteiger partial charge on any atom is -0.488 e. The molecule has 1 aromatic rings. The second-order valence-corrected chi connectivity index (χ2v) is 6.65. The summed E-state index contributed by atoms with van der Waals surface area (Å²) in [5, 5.41) is 11.2. The summed E-state index contributed by atoms with van der Waals surface area (Å²) in [6.45, 7) is 2.00. The number of nitrogens with zero attached hydrogens (tertiary/aromatic N) is 1. The predicted molar refractivity (Wildman–Crippen MR) is 78.6 cm³/mol. The van der Waals surface area contributed by atoms with Crippen LogP contribution in [0, 0.1) is 0 Å². The highest BCUT2D eigenvalue weighted by atomic mass is 32.2. The standard InChI is InChI=1S/C14H17NO3S/c1-11(16)13-8-15-19(2,17)10-14(13)18-9-12-6-4-3-5-7-12/h3-8,10-11,16H,9H2,1-2H3. The van der Waals surface area contributed by atoms with Crippen molar-refractivity contribution in [2.45, 2.75) is 19.6 Å². The molecule has 0 saturated heterocycles. The van der Waals surface area contributed by atoms with Crippen molar-refractivity contribution < 1.29 is 14.1 Å². The number of allylic oxidation sites excluding steroid dienone is 1. The normalized spacial score (nSPS) is 23.9. The molecule has 0 radical (unpaired) electrons. The van der Waals surface area contributed by atoms with Crippen LogP contribution in [0.15, 0.2) is 46.1 Å². The van der Waals surface area contributed by atoms with Gasteiger partial charge in [-0.1, -0.05) is 30.3 Å². The Balaban J connectivity index is 2.23. The first-order valence-electron chi connectivity index (χ1n) is 5.96. The Labute approximate surface area is 113 Å². The van der Waals surface area contributed by atoms with Crippen molar-refractivity contribution in [1.29, 1.82) is 0 Å². The highest BCUT2D eigenvalue weighted by Crippen LogP contribution is 2.15. The molecule has 1 heterocycles. The maximum absolute atomic E-state index is 11.9. The summed E-state index contributed by atoms with van der Waals surface area (Å²) in [5.74, 6) is 0.446. The summed E-state index contributed by atoms with van der Waals surface area (Å²) in [5.41, 5.74) is 1.57. The van der Waals surface area contributed by atoms with Crippen molar-refractivity contribution in [1.82, 2.24) is 0 Å². The molecule has 0 aliphatic carbocycles. The monoisotopic (exact) mass is 279 g/mol. The Kier molecular flexibility index (Phi) is 4.07. The minimum atomic E-state index is -2.40. The number of aliphatic hydroxyl groups is 1. The molecule has 0 amide bonds. The highest BCUT2D eigenvalue weighted by Gasteiger charge is 2.16. The molecule has 5 heteroatoms. The molecule has 4 nitrogen and oxygen atoms in total. The van der Waals surface area contributed by atoms with E-state index in [0.29, 0.717) is 17.9 Å². The molecule has 102 valence electrons. The van der Waals surface area contributed by atoms with Crippen molar-refractivity contribution in [2.75, 3.05) is 6.26 Å². The largest absolute Gasteiger partial charge is 0.488 e. The van der Waals surface area contributed by atoms with Gasteiger partial charge in [0.25, 0.3) is 0 Å². The van der Waals surface area contributed by atoms with E-state index in [1.807, 2.05) is 30.3 Å². The van der Waals surface area contributed by atoms with Gasteiger partial charge in [0, 0.05) is 18.0 Å². The third kappa shape index (κ3) is 3.68. The molecule has 2 atom stereocenters. The second kappa shape index (κ2) is 5.59. The molecule has 1 aromatic carbocycles. The topological polar surface area (TPSA) is 58.9 Å². The maximum Gasteiger partial charge on any atom is 0.136 e. The van der Waals surface area contributed by atoms with Gasteiger partial charge in [-0.25, -0.2) is 8.61 Å². The molecule has 2 rings (SSSR count). The van der Waals surface area contributed by atoms with Crippen molar-refractivity contribution in [3.8, 4) is 0 Å². The van der Waals surface area contributed by atoms with E-state index in [1.54, 1.807) is 6.92 Å². The Morgan fingerprint density at radius 3 is 2.68 bits per heavy atom. The summed E-state index contributed by atoms with van der Waals surface area (Å²) in [7, 11) is -2.40. The van der Waals surface area contributed by atoms with Gasteiger partial charge >= 0.3 is 0 Å². The number of hydrogen-bond donors (Lipinski definition) is 1. The zero-order chi connectivity index (χ0) is 13.9. The van der Waals surface area contributed by atoms with Crippen LogP contribution in [0.1, 0.15) is 12.5 Å². The van der Waals surface area contributed by atoms with Gasteiger partial charge in [-0.2, -0.15) is 0 Å². The van der Waals surface area contributed by atoms with Crippen molar-refractivity contribution in [3.63, 3.8) is 0 Å². The first kappa shape index (κ1) is 13.8. The number of aliphatic hydroxyl groups excluding tert-OH is 1. The molecule has 0 spiro atoms. The van der Waals surface area contributed by atoms with E-state index in [1.165, 1.54) is 17.8 Å². The average molecular weight is 279 g/mol. The molecule has 0 bridgehead atoms. The zero-order valence-electron chi connectivity index (χ0n) is 10.9. The van der Waals surface area contributed by atoms with Crippen molar-refractivity contribution in [2.24, 2.45) is 4.40 Å². The SMILES string of the molecule is CC(O)C1=C(OCc2ccccc2)C=S(C)(=O)N=C1. The Hall–Kier alpha value is -1.59. The number of ether oxygens (including phenoxy) is 1. The summed E-state index contributed by atoms with van der Waals surface area (Å²) < 4.78 is 21.5. The first-order chi connectivity index (χ1) is 8.98. The van der Waals surface area contributed by atoms with E-state index in [2.05, 4.69) is 4.40 Å². The summed E-state index contributed by atoms with van der Waals surface area (Å²) in [4.78, 5) is 0. The van der Waals surface area contributed by atoms with Crippen LogP contribution in [-0.2, 0) is 21.1 Å². The minimum absolute atomic E-state index is 0.367. The van der Waals surface area contributed by atoms with Gasteiger partial charge in [0.2, 0.25) is 0 Å². The lowest BCUT2D eigenvalue weighted by Gasteiger charge is -2.17. The average Bonchev–Trinajstić information content (AvgIpc) is 2.36. The lowest BCUT2D eigenvalue weighted by molar-refractivity contribution is 0.196. The fourth-order valence-electron chi connectivity index (χ4n) is 1.69. The fourth-order valence-corrected chi connectivity index (χ4v) is 2.67. The molecule has 1 N–H and O–H groups in total. The third-order valence-corrected chi connectivity index (χ3v) is 3.87. The molecule has 1 aliphatic heterocycles. The highest BCUT2D eigenvalue weighted by molar-refractivity contribution is 7.99. The van der Waals surface area contributed by atoms with Gasteiger partial charge < -0.3 is 9.84 Å². The molecule has 0 fully saturated rings. The van der Waals surface area contributed by atoms with Gasteiger partial charge in [-0.15, -0.1) is 0 Å². The summed E-state index contributed by atoms with van der Waals surface area (Å²) in [6, 6.07) is 9.68. The van der Waals surface area contributed by atoms with E-state index in [4.69, 9.17) is 4.74 Å². The van der Waals surface area contributed by atoms with Crippen molar-refractivity contribution >= 4 is 21.3 Å². The third-order valence-electron chi connectivity index (χ3n) is 2.70. The predicted octanol–water partition coefficient (Wildman–Crippen LogP) is 1.55. The van der Waals surface area contributed by atoms with Gasteiger partial charge in [0.05, 0.1) is 21.2 Å². The fraction of sp³-hybridized carbons (Fsp3) is 0.286. The van der Waals surface area contributed by atoms with Gasteiger partial charge in [0.1, 0.15) is 12.4 Å². The Bertz CT molecular complexity index is 623. The van der Waals surface area contributed by atoms with E-state index in [0.717, 1.165) is 5.56 Å². The van der Waals surface area contributed by atoms with Crippen LogP contribution < -0.4 is 0 Å². The van der Waals surface area contributed by atoms with Crippen molar-refractivity contribution in [3.05, 3.63) is 47.2 Å². The molecule has 19 heavy (non-hydrogen) atoms. The van der Waals surface area contributed by atoms with Gasteiger partial charge in [0.15, 0.2) is 0 Å². The zero-order valence-corrected chi connectivity index (χ0v) is 11.8. The number of benzene rings is 1. The van der Waals surface area contributed by atoms with Crippen LogP contribution in [0.25, 0.3) is 0 Å². The second-order valence-electron chi connectivity index (χ2n) is 4.48. The Morgan fingerprint density at radius 2 is 2.05 bits per heavy atom. The van der Waals surface area contributed by atoms with E-state index < -0.39 is 15.8 Å². The number of rotatable bonds is 4. The Morgan fingerprint density at radius 1 is 1.37 bits per heavy atom. The smallest absolute Gasteiger partial charge is 0.136 e. The van der Waals surface area contributed by atoms with Crippen LogP contribution in [0.5, 0.6) is 0 Å². The van der Waals surface area contributed by atoms with Crippen LogP contribution >= 0.6 is 0 Å².